The van der Waals surface area contributed by atoms with Crippen LogP contribution in [0.25, 0.3) is 0 Å². The Morgan fingerprint density at radius 3 is 2.33 bits per heavy atom. The minimum Gasteiger partial charge on any atom is -0.361 e. The maximum Gasteiger partial charge on any atom is 0.259 e. The molecule has 156 valence electrons. The summed E-state index contributed by atoms with van der Waals surface area (Å²) in [5.74, 6) is 2.87. The van der Waals surface area contributed by atoms with E-state index in [-0.39, 0.29) is 5.91 Å². The average molecular weight is 406 g/mol. The van der Waals surface area contributed by atoms with E-state index in [9.17, 15) is 4.79 Å². The summed E-state index contributed by atoms with van der Waals surface area (Å²) in [7, 11) is 0. The van der Waals surface area contributed by atoms with Gasteiger partial charge >= 0.3 is 0 Å². The Labute approximate surface area is 175 Å². The number of amides is 1. The van der Waals surface area contributed by atoms with Gasteiger partial charge in [0.2, 0.25) is 0 Å². The lowest BCUT2D eigenvalue weighted by Gasteiger charge is -2.35. The second kappa shape index (κ2) is 8.14. The number of rotatable bonds is 4. The molecule has 0 unspecified atom stereocenters. The number of aromatic nitrogens is 3. The normalized spacial score (nSPS) is 14.1. The van der Waals surface area contributed by atoms with Gasteiger partial charge in [-0.15, -0.1) is 0 Å². The monoisotopic (exact) mass is 406 g/mol. The van der Waals surface area contributed by atoms with E-state index >= 15 is 0 Å². The summed E-state index contributed by atoms with van der Waals surface area (Å²) in [5, 5.41) is 7.25. The van der Waals surface area contributed by atoms with Gasteiger partial charge in [0, 0.05) is 37.9 Å². The molecule has 3 heterocycles. The van der Waals surface area contributed by atoms with Crippen molar-refractivity contribution in [2.24, 2.45) is 0 Å². The molecule has 1 aliphatic rings. The summed E-state index contributed by atoms with van der Waals surface area (Å²) < 4.78 is 5.15. The highest BCUT2D eigenvalue weighted by Crippen LogP contribution is 2.22. The van der Waals surface area contributed by atoms with Crippen LogP contribution in [0.1, 0.15) is 33.2 Å². The van der Waals surface area contributed by atoms with E-state index < -0.39 is 0 Å². The van der Waals surface area contributed by atoms with Crippen LogP contribution < -0.4 is 10.2 Å². The number of hydrogen-bond acceptors (Lipinski definition) is 7. The van der Waals surface area contributed by atoms with Gasteiger partial charge in [-0.05, 0) is 39.8 Å². The first-order chi connectivity index (χ1) is 14.4. The van der Waals surface area contributed by atoms with Crippen molar-refractivity contribution < 1.29 is 9.32 Å². The number of anilines is 3. The SMILES string of the molecule is Cc1ccc(Nc2cc(N3CCN(C(=O)c4c(C)noc4C)CC3)nc(C)n2)cc1. The molecule has 8 nitrogen and oxygen atoms in total. The van der Waals surface area contributed by atoms with E-state index in [0.29, 0.717) is 49.0 Å². The first-order valence-electron chi connectivity index (χ1n) is 10.1. The second-order valence-electron chi connectivity index (χ2n) is 7.63. The molecule has 1 aliphatic heterocycles. The Bertz CT molecular complexity index is 1030. The van der Waals surface area contributed by atoms with Gasteiger partial charge in [0.15, 0.2) is 0 Å². The van der Waals surface area contributed by atoms with Crippen LogP contribution >= 0.6 is 0 Å². The van der Waals surface area contributed by atoms with Crippen LogP contribution in [0.3, 0.4) is 0 Å². The molecule has 1 amide bonds. The third-order valence-corrected chi connectivity index (χ3v) is 5.29. The summed E-state index contributed by atoms with van der Waals surface area (Å²) in [5.41, 5.74) is 3.41. The Kier molecular flexibility index (Phi) is 5.39. The molecule has 1 fully saturated rings. The molecule has 4 rings (SSSR count). The van der Waals surface area contributed by atoms with E-state index in [1.54, 1.807) is 13.8 Å². The van der Waals surface area contributed by atoms with Gasteiger partial charge in [-0.25, -0.2) is 9.97 Å². The molecule has 1 N–H and O–H groups in total. The first-order valence-corrected chi connectivity index (χ1v) is 10.1. The fraction of sp³-hybridized carbons (Fsp3) is 0.364. The topological polar surface area (TPSA) is 87.4 Å². The fourth-order valence-electron chi connectivity index (χ4n) is 3.65. The van der Waals surface area contributed by atoms with Crippen molar-refractivity contribution in [3.05, 3.63) is 58.7 Å². The van der Waals surface area contributed by atoms with Crippen LogP contribution in [-0.4, -0.2) is 52.1 Å². The van der Waals surface area contributed by atoms with Crippen LogP contribution in [0, 0.1) is 27.7 Å². The van der Waals surface area contributed by atoms with Crippen LogP contribution in [0.15, 0.2) is 34.9 Å². The number of nitrogens with one attached hydrogen (secondary N) is 1. The van der Waals surface area contributed by atoms with Gasteiger partial charge in [0.25, 0.3) is 5.91 Å². The Balaban J connectivity index is 1.45. The van der Waals surface area contributed by atoms with Gasteiger partial charge in [-0.1, -0.05) is 22.9 Å². The highest BCUT2D eigenvalue weighted by molar-refractivity contribution is 5.96. The van der Waals surface area contributed by atoms with Crippen LogP contribution in [0.4, 0.5) is 17.3 Å². The third-order valence-electron chi connectivity index (χ3n) is 5.29. The van der Waals surface area contributed by atoms with Crippen molar-refractivity contribution in [2.45, 2.75) is 27.7 Å². The molecule has 0 saturated carbocycles. The van der Waals surface area contributed by atoms with Gasteiger partial charge in [0.05, 0.1) is 5.69 Å². The predicted octanol–water partition coefficient (Wildman–Crippen LogP) is 3.40. The Morgan fingerprint density at radius 2 is 1.70 bits per heavy atom. The lowest BCUT2D eigenvalue weighted by Crippen LogP contribution is -2.49. The van der Waals surface area contributed by atoms with Crippen molar-refractivity contribution in [1.82, 2.24) is 20.0 Å². The number of benzene rings is 1. The summed E-state index contributed by atoms with van der Waals surface area (Å²) >= 11 is 0. The number of aryl methyl sites for hydroxylation is 4. The van der Waals surface area contributed by atoms with E-state index in [2.05, 4.69) is 44.4 Å². The number of carbonyl (C=O) groups is 1. The number of piperazine rings is 1. The minimum atomic E-state index is -0.0218. The highest BCUT2D eigenvalue weighted by atomic mass is 16.5. The standard InChI is InChI=1S/C22H26N6O2/c1-14-5-7-18(8-6-14)25-19-13-20(24-17(4)23-19)27-9-11-28(12-10-27)22(29)21-15(2)26-30-16(21)3/h5-8,13H,9-12H2,1-4H3,(H,23,24,25). The summed E-state index contributed by atoms with van der Waals surface area (Å²) in [6.07, 6.45) is 0. The number of nitrogens with zero attached hydrogens (tertiary/aromatic N) is 5. The molecule has 1 saturated heterocycles. The molecule has 0 radical (unpaired) electrons. The summed E-state index contributed by atoms with van der Waals surface area (Å²) in [4.78, 5) is 26.0. The van der Waals surface area contributed by atoms with Crippen LogP contribution in [0.2, 0.25) is 0 Å². The Morgan fingerprint density at radius 1 is 1.00 bits per heavy atom. The molecule has 8 heteroatoms. The van der Waals surface area contributed by atoms with Gasteiger partial charge in [-0.3, -0.25) is 4.79 Å². The smallest absolute Gasteiger partial charge is 0.259 e. The largest absolute Gasteiger partial charge is 0.361 e. The fourth-order valence-corrected chi connectivity index (χ4v) is 3.65. The predicted molar refractivity (Wildman–Crippen MR) is 115 cm³/mol. The molecule has 0 spiro atoms. The maximum absolute atomic E-state index is 12.9. The van der Waals surface area contributed by atoms with Crippen molar-refractivity contribution in [3.63, 3.8) is 0 Å². The van der Waals surface area contributed by atoms with Gasteiger partial charge in [-0.2, -0.15) is 0 Å². The summed E-state index contributed by atoms with van der Waals surface area (Å²) in [6.45, 7) is 10.2. The van der Waals surface area contributed by atoms with Crippen molar-refractivity contribution in [1.29, 1.82) is 0 Å². The zero-order valence-corrected chi connectivity index (χ0v) is 17.8. The van der Waals surface area contributed by atoms with E-state index in [1.807, 2.05) is 30.0 Å². The molecule has 0 atom stereocenters. The molecule has 1 aromatic carbocycles. The first kappa shape index (κ1) is 19.9. The van der Waals surface area contributed by atoms with E-state index in [4.69, 9.17) is 4.52 Å². The zero-order valence-electron chi connectivity index (χ0n) is 17.8. The van der Waals surface area contributed by atoms with E-state index in [0.717, 1.165) is 17.3 Å². The van der Waals surface area contributed by atoms with Gasteiger partial charge < -0.3 is 19.6 Å². The minimum absolute atomic E-state index is 0.0218. The lowest BCUT2D eigenvalue weighted by molar-refractivity contribution is 0.0744. The lowest BCUT2D eigenvalue weighted by atomic mass is 10.1. The van der Waals surface area contributed by atoms with E-state index in [1.165, 1.54) is 5.56 Å². The molecule has 0 aliphatic carbocycles. The molecule has 0 bridgehead atoms. The second-order valence-corrected chi connectivity index (χ2v) is 7.63. The highest BCUT2D eigenvalue weighted by Gasteiger charge is 2.27. The van der Waals surface area contributed by atoms with Crippen LogP contribution in [0.5, 0.6) is 0 Å². The molecular formula is C22H26N6O2. The van der Waals surface area contributed by atoms with Gasteiger partial charge in [0.1, 0.15) is 28.8 Å². The molecular weight excluding hydrogens is 380 g/mol. The number of hydrogen-bond donors (Lipinski definition) is 1. The van der Waals surface area contributed by atoms with Crippen LogP contribution in [-0.2, 0) is 0 Å². The number of carbonyl (C=O) groups excluding carboxylic acids is 1. The van der Waals surface area contributed by atoms with Crippen molar-refractivity contribution >= 4 is 23.2 Å². The molecule has 2 aromatic heterocycles. The molecule has 30 heavy (non-hydrogen) atoms. The average Bonchev–Trinajstić information content (AvgIpc) is 3.07. The third kappa shape index (κ3) is 4.12. The molecule has 3 aromatic rings. The quantitative estimate of drug-likeness (QED) is 0.710. The zero-order chi connectivity index (χ0) is 21.3. The maximum atomic E-state index is 12.9. The van der Waals surface area contributed by atoms with Crippen molar-refractivity contribution in [2.75, 3.05) is 36.4 Å². The van der Waals surface area contributed by atoms with Crippen molar-refractivity contribution in [3.8, 4) is 0 Å². The Hall–Kier alpha value is -3.42. The summed E-state index contributed by atoms with van der Waals surface area (Å²) in [6, 6.07) is 10.1.